The first-order valence-electron chi connectivity index (χ1n) is 5.76. The summed E-state index contributed by atoms with van der Waals surface area (Å²) in [6.07, 6.45) is 3.65. The summed E-state index contributed by atoms with van der Waals surface area (Å²) < 4.78 is 0. The monoisotopic (exact) mass is 208 g/mol. The Hall–Kier alpha value is -1.18. The van der Waals surface area contributed by atoms with Gasteiger partial charge < -0.3 is 0 Å². The first-order chi connectivity index (χ1) is 7.34. The lowest BCUT2D eigenvalue weighted by Crippen LogP contribution is -1.89. The van der Waals surface area contributed by atoms with Gasteiger partial charge in [-0.15, -0.1) is 0 Å². The van der Waals surface area contributed by atoms with Crippen LogP contribution in [0, 0.1) is 6.92 Å². The smallest absolute Gasteiger partial charge is 0.0460 e. The molecule has 2 nitrogen and oxygen atoms in total. The van der Waals surface area contributed by atoms with Crippen molar-refractivity contribution in [2.75, 3.05) is 6.54 Å². The second-order valence-corrected chi connectivity index (χ2v) is 2.31. The fraction of sp³-hybridized carbons (Fsp3) is 0.538. The highest BCUT2D eigenvalue weighted by atomic mass is 14.7. The SMILES string of the molecule is CC.CC.CCN=Cc1cccnc1C. The van der Waals surface area contributed by atoms with Crippen LogP contribution in [0.1, 0.15) is 45.9 Å². The zero-order valence-electron chi connectivity index (χ0n) is 10.9. The van der Waals surface area contributed by atoms with Gasteiger partial charge in [-0.25, -0.2) is 0 Å². The van der Waals surface area contributed by atoms with Crippen LogP contribution in [-0.2, 0) is 0 Å². The molecule has 0 bridgehead atoms. The lowest BCUT2D eigenvalue weighted by molar-refractivity contribution is 1.13. The minimum atomic E-state index is 0.828. The highest BCUT2D eigenvalue weighted by Gasteiger charge is 1.91. The summed E-state index contributed by atoms with van der Waals surface area (Å²) in [6, 6.07) is 3.94. The molecule has 0 fully saturated rings. The molecule has 0 spiro atoms. The Balaban J connectivity index is 0. The normalized spacial score (nSPS) is 8.67. The number of aryl methyl sites for hydroxylation is 1. The third kappa shape index (κ3) is 7.86. The topological polar surface area (TPSA) is 25.2 Å². The van der Waals surface area contributed by atoms with E-state index in [0.717, 1.165) is 17.8 Å². The Labute approximate surface area is 94.5 Å². The minimum Gasteiger partial charge on any atom is -0.293 e. The van der Waals surface area contributed by atoms with Gasteiger partial charge in [0, 0.05) is 30.2 Å². The van der Waals surface area contributed by atoms with E-state index < -0.39 is 0 Å². The summed E-state index contributed by atoms with van der Waals surface area (Å²) in [6.45, 7) is 12.8. The van der Waals surface area contributed by atoms with Gasteiger partial charge >= 0.3 is 0 Å². The number of rotatable bonds is 2. The summed E-state index contributed by atoms with van der Waals surface area (Å²) >= 11 is 0. The van der Waals surface area contributed by atoms with E-state index in [9.17, 15) is 0 Å². The molecule has 0 aliphatic heterocycles. The fourth-order valence-electron chi connectivity index (χ4n) is 0.823. The van der Waals surface area contributed by atoms with Crippen LogP contribution < -0.4 is 0 Å². The highest BCUT2D eigenvalue weighted by Crippen LogP contribution is 1.99. The van der Waals surface area contributed by atoms with Gasteiger partial charge in [-0.3, -0.25) is 9.98 Å². The molecule has 0 saturated carbocycles. The van der Waals surface area contributed by atoms with Crippen LogP contribution in [0.4, 0.5) is 0 Å². The molecule has 1 aromatic rings. The van der Waals surface area contributed by atoms with Crippen molar-refractivity contribution in [3.05, 3.63) is 29.6 Å². The maximum absolute atomic E-state index is 4.14. The van der Waals surface area contributed by atoms with Crippen LogP contribution in [0.2, 0.25) is 0 Å². The largest absolute Gasteiger partial charge is 0.293 e. The van der Waals surface area contributed by atoms with Gasteiger partial charge in [0.25, 0.3) is 0 Å². The van der Waals surface area contributed by atoms with E-state index >= 15 is 0 Å². The average molecular weight is 208 g/mol. The van der Waals surface area contributed by atoms with E-state index in [1.54, 1.807) is 6.20 Å². The Kier molecular flexibility index (Phi) is 13.9. The molecule has 0 radical (unpaired) electrons. The van der Waals surface area contributed by atoms with Crippen molar-refractivity contribution in [2.24, 2.45) is 4.99 Å². The summed E-state index contributed by atoms with van der Waals surface area (Å²) in [4.78, 5) is 8.28. The molecule has 0 N–H and O–H groups in total. The van der Waals surface area contributed by atoms with Gasteiger partial charge in [0.1, 0.15) is 0 Å². The molecule has 1 heterocycles. The van der Waals surface area contributed by atoms with E-state index in [4.69, 9.17) is 0 Å². The van der Waals surface area contributed by atoms with Gasteiger partial charge in [-0.2, -0.15) is 0 Å². The molecule has 1 aromatic heterocycles. The van der Waals surface area contributed by atoms with E-state index in [-0.39, 0.29) is 0 Å². The van der Waals surface area contributed by atoms with Crippen molar-refractivity contribution in [3.63, 3.8) is 0 Å². The Morgan fingerprint density at radius 1 is 1.27 bits per heavy atom. The number of hydrogen-bond donors (Lipinski definition) is 0. The molecule has 0 atom stereocenters. The van der Waals surface area contributed by atoms with Gasteiger partial charge in [0.2, 0.25) is 0 Å². The first kappa shape index (κ1) is 16.3. The Morgan fingerprint density at radius 3 is 2.33 bits per heavy atom. The predicted molar refractivity (Wildman–Crippen MR) is 69.8 cm³/mol. The molecule has 0 unspecified atom stereocenters. The standard InChI is InChI=1S/C9H12N2.2C2H6/c1-3-10-7-9-5-4-6-11-8(9)2;2*1-2/h4-7H,3H2,1-2H3;2*1-2H3. The van der Waals surface area contributed by atoms with Gasteiger partial charge in [0.05, 0.1) is 0 Å². The van der Waals surface area contributed by atoms with Crippen molar-refractivity contribution >= 4 is 6.21 Å². The van der Waals surface area contributed by atoms with Crippen LogP contribution in [0.5, 0.6) is 0 Å². The fourth-order valence-corrected chi connectivity index (χ4v) is 0.823. The molecule has 2 heteroatoms. The zero-order valence-corrected chi connectivity index (χ0v) is 10.9. The van der Waals surface area contributed by atoms with E-state index in [1.165, 1.54) is 0 Å². The summed E-state index contributed by atoms with van der Waals surface area (Å²) in [5, 5.41) is 0. The molecule has 0 aliphatic carbocycles. The third-order valence-corrected chi connectivity index (χ3v) is 1.46. The van der Waals surface area contributed by atoms with Crippen LogP contribution in [0.3, 0.4) is 0 Å². The maximum Gasteiger partial charge on any atom is 0.0460 e. The molecule has 86 valence electrons. The third-order valence-electron chi connectivity index (χ3n) is 1.46. The first-order valence-corrected chi connectivity index (χ1v) is 5.76. The van der Waals surface area contributed by atoms with E-state index in [2.05, 4.69) is 9.98 Å². The van der Waals surface area contributed by atoms with Crippen LogP contribution in [0.25, 0.3) is 0 Å². The van der Waals surface area contributed by atoms with E-state index in [1.807, 2.05) is 59.9 Å². The summed E-state index contributed by atoms with van der Waals surface area (Å²) in [5.74, 6) is 0. The Morgan fingerprint density at radius 2 is 1.87 bits per heavy atom. The van der Waals surface area contributed by atoms with Crippen LogP contribution in [-0.4, -0.2) is 17.7 Å². The second kappa shape index (κ2) is 12.8. The zero-order chi connectivity index (χ0) is 12.1. The average Bonchev–Trinajstić information content (AvgIpc) is 2.33. The lowest BCUT2D eigenvalue weighted by Gasteiger charge is -1.95. The molecule has 0 aromatic carbocycles. The predicted octanol–water partition coefficient (Wildman–Crippen LogP) is 3.88. The number of aromatic nitrogens is 1. The van der Waals surface area contributed by atoms with Crippen LogP contribution in [0.15, 0.2) is 23.3 Å². The summed E-state index contributed by atoms with van der Waals surface area (Å²) in [7, 11) is 0. The van der Waals surface area contributed by atoms with E-state index in [0.29, 0.717) is 0 Å². The second-order valence-electron chi connectivity index (χ2n) is 2.31. The van der Waals surface area contributed by atoms with Gasteiger partial charge in [0.15, 0.2) is 0 Å². The highest BCUT2D eigenvalue weighted by molar-refractivity contribution is 5.80. The number of aliphatic imine (C=N–C) groups is 1. The molecule has 0 saturated heterocycles. The van der Waals surface area contributed by atoms with Crippen molar-refractivity contribution in [2.45, 2.75) is 41.5 Å². The maximum atomic E-state index is 4.14. The summed E-state index contributed by atoms with van der Waals surface area (Å²) in [5.41, 5.74) is 2.14. The minimum absolute atomic E-state index is 0.828. The van der Waals surface area contributed by atoms with Gasteiger partial charge in [-0.05, 0) is 19.9 Å². The molecule has 0 aliphatic rings. The number of pyridine rings is 1. The molecule has 15 heavy (non-hydrogen) atoms. The van der Waals surface area contributed by atoms with Crippen molar-refractivity contribution in [1.82, 2.24) is 4.98 Å². The number of nitrogens with zero attached hydrogens (tertiary/aromatic N) is 2. The Bertz CT molecular complexity index is 254. The number of hydrogen-bond acceptors (Lipinski definition) is 2. The van der Waals surface area contributed by atoms with Crippen molar-refractivity contribution < 1.29 is 0 Å². The lowest BCUT2D eigenvalue weighted by atomic mass is 10.2. The molecule has 0 amide bonds. The van der Waals surface area contributed by atoms with Gasteiger partial charge in [-0.1, -0.05) is 33.8 Å². The quantitative estimate of drug-likeness (QED) is 0.677. The molecular formula is C13H24N2. The van der Waals surface area contributed by atoms with Crippen molar-refractivity contribution in [3.8, 4) is 0 Å². The molecular weight excluding hydrogens is 184 g/mol. The van der Waals surface area contributed by atoms with Crippen molar-refractivity contribution in [1.29, 1.82) is 0 Å². The van der Waals surface area contributed by atoms with Crippen LogP contribution >= 0.6 is 0 Å². The molecule has 1 rings (SSSR count).